The summed E-state index contributed by atoms with van der Waals surface area (Å²) in [6.07, 6.45) is 8.78. The molecule has 2 nitrogen and oxygen atoms in total. The molecule has 0 amide bonds. The van der Waals surface area contributed by atoms with E-state index >= 15 is 0 Å². The second-order valence-corrected chi connectivity index (χ2v) is 20.4. The maximum atomic E-state index is 15.0. The van der Waals surface area contributed by atoms with Crippen LogP contribution in [0.25, 0.3) is 0 Å². The normalized spacial score (nSPS) is 11.7. The molecule has 0 fully saturated rings. The number of halogens is 1. The summed E-state index contributed by atoms with van der Waals surface area (Å²) in [4.78, 5) is 0. The third kappa shape index (κ3) is 5.76. The summed E-state index contributed by atoms with van der Waals surface area (Å²) >= 11 is -2.82. The van der Waals surface area contributed by atoms with Crippen molar-refractivity contribution < 1.29 is 13.5 Å². The molecular formula is C22H33FO2Sn. The molecule has 1 aromatic heterocycles. The van der Waals surface area contributed by atoms with Gasteiger partial charge in [0.05, 0.1) is 0 Å². The van der Waals surface area contributed by atoms with Crippen molar-refractivity contribution in [3.8, 4) is 11.7 Å². The van der Waals surface area contributed by atoms with E-state index in [9.17, 15) is 4.39 Å². The van der Waals surface area contributed by atoms with Crippen LogP contribution in [0, 0.1) is 5.82 Å². The van der Waals surface area contributed by atoms with Gasteiger partial charge in [-0.05, 0) is 0 Å². The standard InChI is InChI=1S/C10H6FO2.3C4H9.Sn/c11-8-3-5-9(6-4-8)13-10-2-1-7-12-10;3*1-3-4-2;/h1-3,5-7H;3*1,3-4H2,2H3;. The van der Waals surface area contributed by atoms with E-state index < -0.39 is 18.4 Å². The topological polar surface area (TPSA) is 22.4 Å². The first kappa shape index (κ1) is 21.3. The van der Waals surface area contributed by atoms with Gasteiger partial charge in [-0.3, -0.25) is 0 Å². The average Bonchev–Trinajstić information content (AvgIpc) is 3.16. The molecule has 1 heterocycles. The van der Waals surface area contributed by atoms with Crippen molar-refractivity contribution in [2.75, 3.05) is 0 Å². The molecule has 26 heavy (non-hydrogen) atoms. The van der Waals surface area contributed by atoms with Crippen LogP contribution in [0.4, 0.5) is 4.39 Å². The van der Waals surface area contributed by atoms with Gasteiger partial charge < -0.3 is 0 Å². The van der Waals surface area contributed by atoms with Gasteiger partial charge in [0.2, 0.25) is 0 Å². The number of hydrogen-bond donors (Lipinski definition) is 0. The Bertz CT molecular complexity index is 618. The van der Waals surface area contributed by atoms with E-state index in [0.29, 0.717) is 11.7 Å². The summed E-state index contributed by atoms with van der Waals surface area (Å²) in [6, 6.07) is 8.90. The molecule has 0 N–H and O–H groups in total. The van der Waals surface area contributed by atoms with E-state index in [4.69, 9.17) is 9.15 Å². The van der Waals surface area contributed by atoms with Crippen molar-refractivity contribution in [1.82, 2.24) is 0 Å². The molecule has 2 aromatic rings. The third-order valence-corrected chi connectivity index (χ3v) is 20.8. The number of unbranched alkanes of at least 4 members (excludes halogenated alkanes) is 3. The van der Waals surface area contributed by atoms with Gasteiger partial charge in [0.25, 0.3) is 0 Å². The van der Waals surface area contributed by atoms with E-state index in [1.165, 1.54) is 51.8 Å². The predicted molar refractivity (Wildman–Crippen MR) is 110 cm³/mol. The summed E-state index contributed by atoms with van der Waals surface area (Å²) in [6.45, 7) is 6.72. The van der Waals surface area contributed by atoms with Gasteiger partial charge in [0.15, 0.2) is 0 Å². The van der Waals surface area contributed by atoms with Gasteiger partial charge in [0.1, 0.15) is 0 Å². The molecule has 0 bridgehead atoms. The summed E-state index contributed by atoms with van der Waals surface area (Å²) in [7, 11) is 0. The van der Waals surface area contributed by atoms with Crippen LogP contribution in [-0.2, 0) is 0 Å². The first-order valence-corrected chi connectivity index (χ1v) is 17.6. The molecule has 0 saturated heterocycles. The fraction of sp³-hybridized carbons (Fsp3) is 0.545. The minimum absolute atomic E-state index is 0.0177. The Kier molecular flexibility index (Phi) is 9.03. The second kappa shape index (κ2) is 11.0. The van der Waals surface area contributed by atoms with Crippen LogP contribution >= 0.6 is 0 Å². The first-order chi connectivity index (χ1) is 12.6. The third-order valence-electron chi connectivity index (χ3n) is 5.25. The van der Waals surface area contributed by atoms with Crippen molar-refractivity contribution >= 4 is 22.0 Å². The quantitative estimate of drug-likeness (QED) is 0.307. The van der Waals surface area contributed by atoms with Crippen LogP contribution in [0.3, 0.4) is 0 Å². The molecule has 144 valence electrons. The fourth-order valence-corrected chi connectivity index (χ4v) is 20.0. The molecule has 1 aromatic carbocycles. The molecule has 0 spiro atoms. The van der Waals surface area contributed by atoms with Crippen molar-refractivity contribution in [3.05, 3.63) is 42.4 Å². The second-order valence-electron chi connectivity index (χ2n) is 7.27. The molecule has 4 heteroatoms. The fourth-order valence-electron chi connectivity index (χ4n) is 3.74. The average molecular weight is 467 g/mol. The van der Waals surface area contributed by atoms with Crippen molar-refractivity contribution in [2.45, 2.75) is 72.6 Å². The Morgan fingerprint density at radius 1 is 0.923 bits per heavy atom. The summed E-state index contributed by atoms with van der Waals surface area (Å²) < 4.78 is 30.9. The Labute approximate surface area is 162 Å². The van der Waals surface area contributed by atoms with Gasteiger partial charge in [-0.25, -0.2) is 0 Å². The molecule has 0 aliphatic rings. The number of furan rings is 1. The van der Waals surface area contributed by atoms with Crippen LogP contribution in [0.5, 0.6) is 11.7 Å². The molecule has 0 aliphatic carbocycles. The van der Waals surface area contributed by atoms with Gasteiger partial charge in [-0.1, -0.05) is 0 Å². The number of hydrogen-bond acceptors (Lipinski definition) is 2. The van der Waals surface area contributed by atoms with Crippen molar-refractivity contribution in [3.63, 3.8) is 0 Å². The number of rotatable bonds is 12. The first-order valence-electron chi connectivity index (χ1n) is 10.2. The molecule has 2 rings (SSSR count). The SMILES string of the molecule is CCC[CH2][Sn]([CH2]CCC)([CH2]CCC)[c]1cc(Oc2ccco2)ccc1F. The van der Waals surface area contributed by atoms with Crippen molar-refractivity contribution in [1.29, 1.82) is 0 Å². The monoisotopic (exact) mass is 468 g/mol. The molecule has 0 unspecified atom stereocenters. The number of ether oxygens (including phenoxy) is 1. The maximum absolute atomic E-state index is 15.0. The molecule has 0 radical (unpaired) electrons. The van der Waals surface area contributed by atoms with Gasteiger partial charge in [-0.2, -0.15) is 0 Å². The van der Waals surface area contributed by atoms with E-state index in [0.717, 1.165) is 3.58 Å². The van der Waals surface area contributed by atoms with E-state index in [1.807, 2.05) is 6.07 Å². The van der Waals surface area contributed by atoms with Gasteiger partial charge in [-0.15, -0.1) is 0 Å². The molecule has 0 aliphatic heterocycles. The predicted octanol–water partition coefficient (Wildman–Crippen LogP) is 7.27. The van der Waals surface area contributed by atoms with Gasteiger partial charge in [0, 0.05) is 0 Å². The summed E-state index contributed by atoms with van der Waals surface area (Å²) in [5.74, 6) is 1.14. The van der Waals surface area contributed by atoms with E-state index in [-0.39, 0.29) is 5.82 Å². The Morgan fingerprint density at radius 3 is 2.04 bits per heavy atom. The zero-order chi connectivity index (χ0) is 18.8. The van der Waals surface area contributed by atoms with Gasteiger partial charge >= 0.3 is 162 Å². The zero-order valence-electron chi connectivity index (χ0n) is 16.5. The van der Waals surface area contributed by atoms with Crippen LogP contribution in [0.2, 0.25) is 13.3 Å². The Hall–Kier alpha value is -0.971. The molecule has 0 atom stereocenters. The Balaban J connectivity index is 2.39. The summed E-state index contributed by atoms with van der Waals surface area (Å²) in [5.41, 5.74) is 0. The molecular weight excluding hydrogens is 434 g/mol. The van der Waals surface area contributed by atoms with Crippen LogP contribution in [0.15, 0.2) is 41.0 Å². The number of benzene rings is 1. The zero-order valence-corrected chi connectivity index (χ0v) is 19.4. The minimum atomic E-state index is -2.82. The van der Waals surface area contributed by atoms with Crippen molar-refractivity contribution in [2.24, 2.45) is 0 Å². The Morgan fingerprint density at radius 2 is 1.54 bits per heavy atom. The van der Waals surface area contributed by atoms with Crippen LogP contribution in [-0.4, -0.2) is 18.4 Å². The summed E-state index contributed by atoms with van der Waals surface area (Å²) in [5, 5.41) is 0. The van der Waals surface area contributed by atoms with E-state index in [2.05, 4.69) is 20.8 Å². The molecule has 0 saturated carbocycles. The van der Waals surface area contributed by atoms with E-state index in [1.54, 1.807) is 30.5 Å². The van der Waals surface area contributed by atoms with Crippen LogP contribution < -0.4 is 8.32 Å². The van der Waals surface area contributed by atoms with Crippen LogP contribution in [0.1, 0.15) is 59.3 Å².